The van der Waals surface area contributed by atoms with E-state index >= 15 is 0 Å². The summed E-state index contributed by atoms with van der Waals surface area (Å²) in [7, 11) is 1.91. The lowest BCUT2D eigenvalue weighted by molar-refractivity contribution is -0.114. The van der Waals surface area contributed by atoms with Crippen molar-refractivity contribution >= 4 is 23.0 Å². The van der Waals surface area contributed by atoms with Crippen LogP contribution >= 0.6 is 0 Å². The summed E-state index contributed by atoms with van der Waals surface area (Å²) in [5, 5.41) is 2.86. The minimum atomic E-state index is -0.0542. The molecule has 0 atom stereocenters. The number of anilines is 3. The van der Waals surface area contributed by atoms with Crippen LogP contribution in [0.15, 0.2) is 42.5 Å². The van der Waals surface area contributed by atoms with Crippen molar-refractivity contribution in [2.24, 2.45) is 0 Å². The summed E-state index contributed by atoms with van der Waals surface area (Å²) in [6, 6.07) is 13.4. The van der Waals surface area contributed by atoms with Crippen LogP contribution < -0.4 is 16.0 Å². The molecule has 2 aromatic carbocycles. The third-order valence-electron chi connectivity index (χ3n) is 3.22. The Kier molecular flexibility index (Phi) is 4.48. The maximum Gasteiger partial charge on any atom is 0.243 e. The van der Waals surface area contributed by atoms with Crippen LogP contribution in [0.1, 0.15) is 11.1 Å². The van der Waals surface area contributed by atoms with E-state index in [1.807, 2.05) is 11.9 Å². The Hall–Kier alpha value is -2.49. The highest BCUT2D eigenvalue weighted by atomic mass is 16.2. The quantitative estimate of drug-likeness (QED) is 0.848. The Morgan fingerprint density at radius 3 is 2.24 bits per heavy atom. The number of carbonyl (C=O) groups is 1. The van der Waals surface area contributed by atoms with Crippen LogP contribution in [-0.4, -0.2) is 19.5 Å². The van der Waals surface area contributed by atoms with E-state index in [1.165, 1.54) is 11.1 Å². The summed E-state index contributed by atoms with van der Waals surface area (Å²) in [5.74, 6) is -0.0542. The summed E-state index contributed by atoms with van der Waals surface area (Å²) in [4.78, 5) is 14.0. The molecule has 0 unspecified atom stereocenters. The number of benzene rings is 2. The molecule has 0 aliphatic heterocycles. The number of nitrogen functional groups attached to an aromatic ring is 1. The lowest BCUT2D eigenvalue weighted by atomic mass is 10.1. The molecule has 0 saturated heterocycles. The highest BCUT2D eigenvalue weighted by Gasteiger charge is 2.08. The van der Waals surface area contributed by atoms with Crippen LogP contribution in [0, 0.1) is 13.8 Å². The molecular weight excluding hydrogens is 262 g/mol. The minimum absolute atomic E-state index is 0.0542. The standard InChI is InChI=1S/C17H21N3O/c1-12-8-13(2)10-16(9-12)20(3)11-17(21)19-15-6-4-14(18)5-7-15/h4-10H,11,18H2,1-3H3,(H,19,21). The second kappa shape index (κ2) is 6.31. The highest BCUT2D eigenvalue weighted by molar-refractivity contribution is 5.94. The molecule has 21 heavy (non-hydrogen) atoms. The number of nitrogens with one attached hydrogen (secondary N) is 1. The molecule has 0 bridgehead atoms. The molecule has 110 valence electrons. The summed E-state index contributed by atoms with van der Waals surface area (Å²) in [6.07, 6.45) is 0. The van der Waals surface area contributed by atoms with Crippen LogP contribution in [0.25, 0.3) is 0 Å². The van der Waals surface area contributed by atoms with Gasteiger partial charge in [0, 0.05) is 24.1 Å². The number of carbonyl (C=O) groups excluding carboxylic acids is 1. The van der Waals surface area contributed by atoms with Gasteiger partial charge in [-0.15, -0.1) is 0 Å². The van der Waals surface area contributed by atoms with Crippen LogP contribution in [-0.2, 0) is 4.79 Å². The van der Waals surface area contributed by atoms with Gasteiger partial charge in [-0.1, -0.05) is 6.07 Å². The molecule has 0 spiro atoms. The molecule has 0 aliphatic carbocycles. The molecule has 0 aliphatic rings. The highest BCUT2D eigenvalue weighted by Crippen LogP contribution is 2.17. The monoisotopic (exact) mass is 283 g/mol. The van der Waals surface area contributed by atoms with Crippen LogP contribution in [0.3, 0.4) is 0 Å². The van der Waals surface area contributed by atoms with Gasteiger partial charge in [-0.3, -0.25) is 4.79 Å². The largest absolute Gasteiger partial charge is 0.399 e. The normalized spacial score (nSPS) is 10.2. The Morgan fingerprint density at radius 2 is 1.67 bits per heavy atom. The first-order valence-electron chi connectivity index (χ1n) is 6.89. The third kappa shape index (κ3) is 4.24. The van der Waals surface area contributed by atoms with Gasteiger partial charge in [-0.05, 0) is 61.4 Å². The Labute approximate surface area is 125 Å². The molecule has 2 aromatic rings. The number of amides is 1. The van der Waals surface area contributed by atoms with Crippen molar-refractivity contribution in [2.75, 3.05) is 29.5 Å². The summed E-state index contributed by atoms with van der Waals surface area (Å²) >= 11 is 0. The summed E-state index contributed by atoms with van der Waals surface area (Å²) < 4.78 is 0. The van der Waals surface area contributed by atoms with Gasteiger partial charge >= 0.3 is 0 Å². The van der Waals surface area contributed by atoms with Gasteiger partial charge in [0.2, 0.25) is 5.91 Å². The van der Waals surface area contributed by atoms with E-state index in [2.05, 4.69) is 37.4 Å². The number of nitrogens with two attached hydrogens (primary N) is 1. The molecule has 0 saturated carbocycles. The van der Waals surface area contributed by atoms with Crippen molar-refractivity contribution in [3.63, 3.8) is 0 Å². The zero-order valence-electron chi connectivity index (χ0n) is 12.7. The third-order valence-corrected chi connectivity index (χ3v) is 3.22. The van der Waals surface area contributed by atoms with Gasteiger partial charge < -0.3 is 16.0 Å². The minimum Gasteiger partial charge on any atom is -0.399 e. The summed E-state index contributed by atoms with van der Waals surface area (Å²) in [6.45, 7) is 4.41. The lowest BCUT2D eigenvalue weighted by Gasteiger charge is -2.20. The summed E-state index contributed by atoms with van der Waals surface area (Å²) in [5.41, 5.74) is 10.5. The molecular formula is C17H21N3O. The van der Waals surface area contributed by atoms with E-state index in [9.17, 15) is 4.79 Å². The van der Waals surface area contributed by atoms with Crippen LogP contribution in [0.4, 0.5) is 17.1 Å². The average Bonchev–Trinajstić information content (AvgIpc) is 2.40. The molecule has 1 amide bonds. The van der Waals surface area contributed by atoms with Gasteiger partial charge in [-0.2, -0.15) is 0 Å². The SMILES string of the molecule is Cc1cc(C)cc(N(C)CC(=O)Nc2ccc(N)cc2)c1. The number of hydrogen-bond acceptors (Lipinski definition) is 3. The van der Waals surface area contributed by atoms with E-state index in [-0.39, 0.29) is 5.91 Å². The number of nitrogens with zero attached hydrogens (tertiary/aromatic N) is 1. The number of rotatable bonds is 4. The van der Waals surface area contributed by atoms with Crippen molar-refractivity contribution in [3.05, 3.63) is 53.6 Å². The molecule has 0 fully saturated rings. The van der Waals surface area contributed by atoms with Gasteiger partial charge in [0.1, 0.15) is 0 Å². The van der Waals surface area contributed by atoms with Crippen LogP contribution in [0.5, 0.6) is 0 Å². The van der Waals surface area contributed by atoms with Gasteiger partial charge in [-0.25, -0.2) is 0 Å². The van der Waals surface area contributed by atoms with E-state index in [0.29, 0.717) is 12.2 Å². The number of aryl methyl sites for hydroxylation is 2. The predicted molar refractivity (Wildman–Crippen MR) is 88.7 cm³/mol. The molecule has 2 rings (SSSR count). The first-order chi connectivity index (χ1) is 9.94. The van der Waals surface area contributed by atoms with Gasteiger partial charge in [0.05, 0.1) is 6.54 Å². The molecule has 4 heteroatoms. The van der Waals surface area contributed by atoms with Crippen molar-refractivity contribution in [2.45, 2.75) is 13.8 Å². The first kappa shape index (κ1) is 14.9. The molecule has 0 radical (unpaired) electrons. The number of hydrogen-bond donors (Lipinski definition) is 2. The smallest absolute Gasteiger partial charge is 0.243 e. The fourth-order valence-electron chi connectivity index (χ4n) is 2.24. The number of likely N-dealkylation sites (N-methyl/N-ethyl adjacent to an activating group) is 1. The van der Waals surface area contributed by atoms with Crippen molar-refractivity contribution in [1.82, 2.24) is 0 Å². The zero-order valence-corrected chi connectivity index (χ0v) is 12.7. The second-order valence-electron chi connectivity index (χ2n) is 5.37. The Balaban J connectivity index is 2.00. The van der Waals surface area contributed by atoms with Crippen molar-refractivity contribution in [1.29, 1.82) is 0 Å². The average molecular weight is 283 g/mol. The van der Waals surface area contributed by atoms with E-state index in [0.717, 1.165) is 11.4 Å². The van der Waals surface area contributed by atoms with Crippen molar-refractivity contribution < 1.29 is 4.79 Å². The maximum absolute atomic E-state index is 12.1. The molecule has 3 N–H and O–H groups in total. The molecule has 0 aromatic heterocycles. The first-order valence-corrected chi connectivity index (χ1v) is 6.89. The lowest BCUT2D eigenvalue weighted by Crippen LogP contribution is -2.30. The fraction of sp³-hybridized carbons (Fsp3) is 0.235. The molecule has 0 heterocycles. The Morgan fingerprint density at radius 1 is 1.10 bits per heavy atom. The molecule has 4 nitrogen and oxygen atoms in total. The maximum atomic E-state index is 12.1. The van der Waals surface area contributed by atoms with E-state index in [1.54, 1.807) is 24.3 Å². The van der Waals surface area contributed by atoms with Crippen molar-refractivity contribution in [3.8, 4) is 0 Å². The van der Waals surface area contributed by atoms with E-state index < -0.39 is 0 Å². The fourth-order valence-corrected chi connectivity index (χ4v) is 2.24. The van der Waals surface area contributed by atoms with Gasteiger partial charge in [0.15, 0.2) is 0 Å². The van der Waals surface area contributed by atoms with E-state index in [4.69, 9.17) is 5.73 Å². The zero-order chi connectivity index (χ0) is 15.4. The Bertz CT molecular complexity index is 615. The topological polar surface area (TPSA) is 58.4 Å². The van der Waals surface area contributed by atoms with Gasteiger partial charge in [0.25, 0.3) is 0 Å². The predicted octanol–water partition coefficient (Wildman–Crippen LogP) is 2.96. The second-order valence-corrected chi connectivity index (χ2v) is 5.37. The van der Waals surface area contributed by atoms with Crippen LogP contribution in [0.2, 0.25) is 0 Å².